The highest BCUT2D eigenvalue weighted by atomic mass is 16.5. The fourth-order valence-electron chi connectivity index (χ4n) is 3.51. The van der Waals surface area contributed by atoms with Gasteiger partial charge in [-0.15, -0.1) is 0 Å². The molecule has 164 valence electrons. The molecule has 3 nitrogen and oxygen atoms in total. The van der Waals surface area contributed by atoms with Crippen molar-refractivity contribution in [1.82, 2.24) is 0 Å². The van der Waals surface area contributed by atoms with Crippen LogP contribution in [0.15, 0.2) is 46.6 Å². The molecule has 0 spiro atoms. The maximum Gasteiger partial charge on any atom is 0.119 e. The first kappa shape index (κ1) is 24.1. The molecular weight excluding hydrogens is 368 g/mol. The number of benzene rings is 2. The predicted octanol–water partition coefficient (Wildman–Crippen LogP) is 9.33. The Labute approximate surface area is 184 Å². The van der Waals surface area contributed by atoms with Crippen LogP contribution in [0.5, 0.6) is 5.75 Å². The van der Waals surface area contributed by atoms with Crippen molar-refractivity contribution in [3.05, 3.63) is 53.1 Å². The molecule has 0 bridgehead atoms. The summed E-state index contributed by atoms with van der Waals surface area (Å²) in [4.78, 5) is 0. The lowest BCUT2D eigenvalue weighted by atomic mass is 10.1. The molecule has 0 saturated heterocycles. The van der Waals surface area contributed by atoms with Gasteiger partial charge < -0.3 is 4.74 Å². The second kappa shape index (κ2) is 14.0. The van der Waals surface area contributed by atoms with Gasteiger partial charge in [-0.05, 0) is 74.2 Å². The van der Waals surface area contributed by atoms with Gasteiger partial charge in [0.2, 0.25) is 0 Å². The fourth-order valence-corrected chi connectivity index (χ4v) is 3.51. The zero-order chi connectivity index (χ0) is 21.6. The maximum atomic E-state index is 5.93. The Morgan fingerprint density at radius 2 is 1.30 bits per heavy atom. The topological polar surface area (TPSA) is 34.0 Å². The van der Waals surface area contributed by atoms with E-state index in [1.807, 2.05) is 18.2 Å². The third kappa shape index (κ3) is 9.11. The van der Waals surface area contributed by atoms with Crippen molar-refractivity contribution in [2.45, 2.75) is 91.9 Å². The van der Waals surface area contributed by atoms with Crippen LogP contribution < -0.4 is 4.74 Å². The van der Waals surface area contributed by atoms with E-state index in [4.69, 9.17) is 4.74 Å². The van der Waals surface area contributed by atoms with E-state index in [1.54, 1.807) is 0 Å². The minimum Gasteiger partial charge on any atom is -0.494 e. The highest BCUT2D eigenvalue weighted by Crippen LogP contribution is 2.26. The molecule has 3 heteroatoms. The van der Waals surface area contributed by atoms with Gasteiger partial charge >= 0.3 is 0 Å². The summed E-state index contributed by atoms with van der Waals surface area (Å²) in [5.41, 5.74) is 5.37. The molecule has 0 aromatic heterocycles. The molecule has 0 aliphatic rings. The fraction of sp³-hybridized carbons (Fsp3) is 0.556. The maximum absolute atomic E-state index is 5.93. The molecule has 0 atom stereocenters. The van der Waals surface area contributed by atoms with Crippen LogP contribution >= 0.6 is 0 Å². The van der Waals surface area contributed by atoms with Crippen molar-refractivity contribution >= 4 is 11.4 Å². The van der Waals surface area contributed by atoms with E-state index in [1.165, 1.54) is 68.9 Å². The number of aryl methyl sites for hydroxylation is 3. The normalized spacial score (nSPS) is 11.3. The summed E-state index contributed by atoms with van der Waals surface area (Å²) in [5.74, 6) is 0.925. The molecule has 0 aliphatic heterocycles. The van der Waals surface area contributed by atoms with Crippen LogP contribution in [0.2, 0.25) is 0 Å². The van der Waals surface area contributed by atoms with Crippen molar-refractivity contribution in [2.75, 3.05) is 6.61 Å². The molecule has 0 heterocycles. The van der Waals surface area contributed by atoms with Crippen LogP contribution in [0, 0.1) is 20.8 Å². The zero-order valence-corrected chi connectivity index (χ0v) is 19.5. The monoisotopic (exact) mass is 408 g/mol. The zero-order valence-electron chi connectivity index (χ0n) is 19.5. The molecule has 30 heavy (non-hydrogen) atoms. The molecule has 0 N–H and O–H groups in total. The van der Waals surface area contributed by atoms with Gasteiger partial charge in [0.25, 0.3) is 0 Å². The Balaban J connectivity index is 1.65. The number of unbranched alkanes of at least 4 members (excludes halogenated alkanes) is 9. The number of ether oxygens (including phenoxy) is 1. The van der Waals surface area contributed by atoms with E-state index < -0.39 is 0 Å². The van der Waals surface area contributed by atoms with Gasteiger partial charge in [0.15, 0.2) is 0 Å². The standard InChI is InChI=1S/C27H40N2O/c1-5-6-7-8-9-10-11-12-13-14-19-30-26-17-18-27(24(4)21-26)29-28-25-16-15-22(2)23(3)20-25/h15-18,20-21H,5-14,19H2,1-4H3. The van der Waals surface area contributed by atoms with Crippen LogP contribution in [0.4, 0.5) is 11.4 Å². The quantitative estimate of drug-likeness (QED) is 0.226. The molecule has 0 unspecified atom stereocenters. The minimum absolute atomic E-state index is 0.791. The summed E-state index contributed by atoms with van der Waals surface area (Å²) in [7, 11) is 0. The largest absolute Gasteiger partial charge is 0.494 e. The second-order valence-corrected chi connectivity index (χ2v) is 8.45. The molecule has 0 aliphatic carbocycles. The number of nitrogens with zero attached hydrogens (tertiary/aromatic N) is 2. The Kier molecular flexibility index (Phi) is 11.2. The predicted molar refractivity (Wildman–Crippen MR) is 129 cm³/mol. The number of hydrogen-bond acceptors (Lipinski definition) is 3. The first-order valence-electron chi connectivity index (χ1n) is 11.8. The van der Waals surface area contributed by atoms with Crippen molar-refractivity contribution in [1.29, 1.82) is 0 Å². The van der Waals surface area contributed by atoms with E-state index in [0.717, 1.165) is 35.7 Å². The average Bonchev–Trinajstić information content (AvgIpc) is 2.74. The number of hydrogen-bond donors (Lipinski definition) is 0. The van der Waals surface area contributed by atoms with E-state index in [2.05, 4.69) is 56.1 Å². The Hall–Kier alpha value is -2.16. The molecular formula is C27H40N2O. The summed E-state index contributed by atoms with van der Waals surface area (Å²) < 4.78 is 5.93. The van der Waals surface area contributed by atoms with Crippen molar-refractivity contribution in [2.24, 2.45) is 10.2 Å². The van der Waals surface area contributed by atoms with Crippen LogP contribution in [-0.2, 0) is 0 Å². The van der Waals surface area contributed by atoms with Gasteiger partial charge in [0, 0.05) is 0 Å². The van der Waals surface area contributed by atoms with Gasteiger partial charge in [-0.3, -0.25) is 0 Å². The number of rotatable bonds is 14. The van der Waals surface area contributed by atoms with Crippen LogP contribution in [-0.4, -0.2) is 6.61 Å². The Morgan fingerprint density at radius 3 is 1.93 bits per heavy atom. The van der Waals surface area contributed by atoms with E-state index in [9.17, 15) is 0 Å². The van der Waals surface area contributed by atoms with Gasteiger partial charge in [-0.2, -0.15) is 10.2 Å². The average molecular weight is 409 g/mol. The van der Waals surface area contributed by atoms with Gasteiger partial charge in [0.05, 0.1) is 18.0 Å². The van der Waals surface area contributed by atoms with Crippen LogP contribution in [0.25, 0.3) is 0 Å². The first-order valence-corrected chi connectivity index (χ1v) is 11.8. The molecule has 2 aromatic carbocycles. The van der Waals surface area contributed by atoms with Gasteiger partial charge in [-0.25, -0.2) is 0 Å². The van der Waals surface area contributed by atoms with Crippen molar-refractivity contribution in [3.63, 3.8) is 0 Å². The molecule has 0 radical (unpaired) electrons. The molecule has 2 rings (SSSR count). The third-order valence-corrected chi connectivity index (χ3v) is 5.70. The lowest BCUT2D eigenvalue weighted by molar-refractivity contribution is 0.304. The molecule has 0 saturated carbocycles. The van der Waals surface area contributed by atoms with E-state index >= 15 is 0 Å². The summed E-state index contributed by atoms with van der Waals surface area (Å²) in [6.45, 7) is 9.33. The molecule has 0 fully saturated rings. The number of azo groups is 1. The van der Waals surface area contributed by atoms with Gasteiger partial charge in [-0.1, -0.05) is 70.8 Å². The molecule has 2 aromatic rings. The first-order chi connectivity index (χ1) is 14.6. The van der Waals surface area contributed by atoms with E-state index in [-0.39, 0.29) is 0 Å². The van der Waals surface area contributed by atoms with Gasteiger partial charge in [0.1, 0.15) is 5.75 Å². The van der Waals surface area contributed by atoms with E-state index in [0.29, 0.717) is 0 Å². The van der Waals surface area contributed by atoms with Crippen LogP contribution in [0.1, 0.15) is 87.8 Å². The Bertz CT molecular complexity index is 782. The summed E-state index contributed by atoms with van der Waals surface area (Å²) in [6, 6.07) is 12.2. The highest BCUT2D eigenvalue weighted by molar-refractivity contribution is 5.50. The van der Waals surface area contributed by atoms with Crippen LogP contribution in [0.3, 0.4) is 0 Å². The van der Waals surface area contributed by atoms with Crippen molar-refractivity contribution in [3.8, 4) is 5.75 Å². The summed E-state index contributed by atoms with van der Waals surface area (Å²) in [6.07, 6.45) is 13.4. The summed E-state index contributed by atoms with van der Waals surface area (Å²) >= 11 is 0. The second-order valence-electron chi connectivity index (χ2n) is 8.45. The lowest BCUT2D eigenvalue weighted by Gasteiger charge is -2.08. The smallest absolute Gasteiger partial charge is 0.119 e. The SMILES string of the molecule is CCCCCCCCCCCCOc1ccc(N=Nc2ccc(C)c(C)c2)c(C)c1. The summed E-state index contributed by atoms with van der Waals surface area (Å²) in [5, 5.41) is 8.80. The van der Waals surface area contributed by atoms with Crippen molar-refractivity contribution < 1.29 is 4.74 Å². The minimum atomic E-state index is 0.791. The third-order valence-electron chi connectivity index (χ3n) is 5.70. The lowest BCUT2D eigenvalue weighted by Crippen LogP contribution is -1.97. The Morgan fingerprint density at radius 1 is 0.633 bits per heavy atom. The highest BCUT2D eigenvalue weighted by Gasteiger charge is 2.02. The molecule has 0 amide bonds.